The third-order valence-electron chi connectivity index (χ3n) is 2.11. The predicted molar refractivity (Wildman–Crippen MR) is 45.3 cm³/mol. The smallest absolute Gasteiger partial charge is 0.229 e. The zero-order valence-corrected chi connectivity index (χ0v) is 7.59. The summed E-state index contributed by atoms with van der Waals surface area (Å²) in [4.78, 5) is 22.0. The highest BCUT2D eigenvalue weighted by Crippen LogP contribution is 2.20. The van der Waals surface area contributed by atoms with E-state index in [2.05, 4.69) is 19.2 Å². The van der Waals surface area contributed by atoms with Crippen LogP contribution >= 0.6 is 0 Å². The summed E-state index contributed by atoms with van der Waals surface area (Å²) in [6.07, 6.45) is 2.12. The predicted octanol–water partition coefficient (Wildman–Crippen LogP) is 1.09. The second-order valence-electron chi connectivity index (χ2n) is 3.78. The molecular formula is C9H15NO2. The number of imide groups is 1. The van der Waals surface area contributed by atoms with E-state index in [9.17, 15) is 9.59 Å². The molecule has 3 heteroatoms. The topological polar surface area (TPSA) is 46.2 Å². The Bertz CT molecular complexity index is 199. The molecule has 1 atom stereocenters. The molecule has 1 fully saturated rings. The van der Waals surface area contributed by atoms with Crippen molar-refractivity contribution in [2.24, 2.45) is 11.8 Å². The van der Waals surface area contributed by atoms with Gasteiger partial charge in [0.1, 0.15) is 0 Å². The largest absolute Gasteiger partial charge is 0.296 e. The zero-order valence-electron chi connectivity index (χ0n) is 7.59. The Morgan fingerprint density at radius 2 is 2.17 bits per heavy atom. The maximum Gasteiger partial charge on any atom is 0.229 e. The van der Waals surface area contributed by atoms with E-state index in [4.69, 9.17) is 0 Å². The summed E-state index contributed by atoms with van der Waals surface area (Å²) in [5, 5.41) is 2.36. The Kier molecular flexibility index (Phi) is 2.84. The molecule has 0 saturated carbocycles. The lowest BCUT2D eigenvalue weighted by Crippen LogP contribution is -2.41. The van der Waals surface area contributed by atoms with Crippen LogP contribution in [0.15, 0.2) is 0 Å². The molecule has 0 unspecified atom stereocenters. The van der Waals surface area contributed by atoms with Crippen molar-refractivity contribution in [3.8, 4) is 0 Å². The van der Waals surface area contributed by atoms with E-state index in [0.29, 0.717) is 12.3 Å². The van der Waals surface area contributed by atoms with Crippen molar-refractivity contribution < 1.29 is 9.59 Å². The standard InChI is InChI=1S/C9H15NO2/c1-6(2)5-7-3-4-8(11)10-9(7)12/h6-7H,3-5H2,1-2H3,(H,10,11,12)/t7-/m0/s1. The molecule has 0 aliphatic carbocycles. The van der Waals surface area contributed by atoms with E-state index in [0.717, 1.165) is 12.8 Å². The van der Waals surface area contributed by atoms with Crippen molar-refractivity contribution in [3.05, 3.63) is 0 Å². The summed E-state index contributed by atoms with van der Waals surface area (Å²) in [5.41, 5.74) is 0. The molecule has 1 heterocycles. The van der Waals surface area contributed by atoms with Crippen molar-refractivity contribution in [3.63, 3.8) is 0 Å². The fraction of sp³-hybridized carbons (Fsp3) is 0.778. The number of hydrogen-bond acceptors (Lipinski definition) is 2. The van der Waals surface area contributed by atoms with E-state index in [1.165, 1.54) is 0 Å². The molecule has 0 spiro atoms. The monoisotopic (exact) mass is 169 g/mol. The van der Waals surface area contributed by atoms with Gasteiger partial charge in [0.25, 0.3) is 0 Å². The maximum atomic E-state index is 11.2. The van der Waals surface area contributed by atoms with Gasteiger partial charge in [-0.15, -0.1) is 0 Å². The Hall–Kier alpha value is -0.860. The van der Waals surface area contributed by atoms with Crippen molar-refractivity contribution in [2.45, 2.75) is 33.1 Å². The molecule has 68 valence electrons. The first kappa shape index (κ1) is 9.23. The summed E-state index contributed by atoms with van der Waals surface area (Å²) in [6, 6.07) is 0. The van der Waals surface area contributed by atoms with Gasteiger partial charge in [-0.25, -0.2) is 0 Å². The van der Waals surface area contributed by atoms with E-state index < -0.39 is 0 Å². The first-order chi connectivity index (χ1) is 5.59. The number of amides is 2. The molecule has 1 aliphatic heterocycles. The van der Waals surface area contributed by atoms with Crippen LogP contribution in [0, 0.1) is 11.8 Å². The van der Waals surface area contributed by atoms with Crippen LogP contribution in [-0.4, -0.2) is 11.8 Å². The Morgan fingerprint density at radius 1 is 1.50 bits per heavy atom. The van der Waals surface area contributed by atoms with Crippen LogP contribution in [0.4, 0.5) is 0 Å². The molecule has 1 N–H and O–H groups in total. The summed E-state index contributed by atoms with van der Waals surface area (Å²) in [7, 11) is 0. The molecule has 12 heavy (non-hydrogen) atoms. The molecule has 1 aliphatic rings. The number of piperidine rings is 1. The van der Waals surface area contributed by atoms with Gasteiger partial charge in [0.05, 0.1) is 0 Å². The molecule has 0 radical (unpaired) electrons. The van der Waals surface area contributed by atoms with Gasteiger partial charge in [0, 0.05) is 12.3 Å². The van der Waals surface area contributed by atoms with Gasteiger partial charge in [-0.05, 0) is 18.8 Å². The number of rotatable bonds is 2. The van der Waals surface area contributed by atoms with Crippen LogP contribution < -0.4 is 5.32 Å². The average molecular weight is 169 g/mol. The van der Waals surface area contributed by atoms with Gasteiger partial charge in [-0.3, -0.25) is 14.9 Å². The Morgan fingerprint density at radius 3 is 2.67 bits per heavy atom. The molecule has 0 aromatic rings. The lowest BCUT2D eigenvalue weighted by Gasteiger charge is -2.21. The van der Waals surface area contributed by atoms with Crippen molar-refractivity contribution in [1.29, 1.82) is 0 Å². The molecule has 0 bridgehead atoms. The van der Waals surface area contributed by atoms with Crippen LogP contribution in [0.3, 0.4) is 0 Å². The maximum absolute atomic E-state index is 11.2. The minimum Gasteiger partial charge on any atom is -0.296 e. The fourth-order valence-electron chi connectivity index (χ4n) is 1.53. The van der Waals surface area contributed by atoms with Crippen molar-refractivity contribution >= 4 is 11.8 Å². The van der Waals surface area contributed by atoms with Gasteiger partial charge in [-0.1, -0.05) is 13.8 Å². The van der Waals surface area contributed by atoms with Crippen LogP contribution in [-0.2, 0) is 9.59 Å². The average Bonchev–Trinajstić information content (AvgIpc) is 1.94. The summed E-state index contributed by atoms with van der Waals surface area (Å²) in [5.74, 6) is 0.372. The van der Waals surface area contributed by atoms with E-state index in [1.54, 1.807) is 0 Å². The van der Waals surface area contributed by atoms with E-state index in [-0.39, 0.29) is 17.7 Å². The molecule has 1 rings (SSSR count). The second kappa shape index (κ2) is 3.70. The highest BCUT2D eigenvalue weighted by molar-refractivity contribution is 5.98. The van der Waals surface area contributed by atoms with Gasteiger partial charge >= 0.3 is 0 Å². The SMILES string of the molecule is CC(C)C[C@@H]1CCC(=O)NC1=O. The summed E-state index contributed by atoms with van der Waals surface area (Å²) >= 11 is 0. The minimum atomic E-state index is -0.125. The van der Waals surface area contributed by atoms with Gasteiger partial charge in [0.2, 0.25) is 11.8 Å². The Balaban J connectivity index is 2.45. The van der Waals surface area contributed by atoms with Gasteiger partial charge in [0.15, 0.2) is 0 Å². The quantitative estimate of drug-likeness (QED) is 0.629. The lowest BCUT2D eigenvalue weighted by atomic mass is 9.90. The third-order valence-corrected chi connectivity index (χ3v) is 2.11. The summed E-state index contributed by atoms with van der Waals surface area (Å²) in [6.45, 7) is 4.17. The third kappa shape index (κ3) is 2.32. The highest BCUT2D eigenvalue weighted by atomic mass is 16.2. The Labute approximate surface area is 72.5 Å². The van der Waals surface area contributed by atoms with Gasteiger partial charge < -0.3 is 0 Å². The van der Waals surface area contributed by atoms with Crippen LogP contribution in [0.2, 0.25) is 0 Å². The first-order valence-electron chi connectivity index (χ1n) is 4.43. The molecule has 0 aromatic carbocycles. The van der Waals surface area contributed by atoms with Crippen LogP contribution in [0.1, 0.15) is 33.1 Å². The van der Waals surface area contributed by atoms with Gasteiger partial charge in [-0.2, -0.15) is 0 Å². The molecular weight excluding hydrogens is 154 g/mol. The zero-order chi connectivity index (χ0) is 9.14. The lowest BCUT2D eigenvalue weighted by molar-refractivity contribution is -0.136. The molecule has 3 nitrogen and oxygen atoms in total. The number of nitrogens with one attached hydrogen (secondary N) is 1. The van der Waals surface area contributed by atoms with E-state index in [1.807, 2.05) is 0 Å². The second-order valence-corrected chi connectivity index (χ2v) is 3.78. The van der Waals surface area contributed by atoms with Crippen LogP contribution in [0.5, 0.6) is 0 Å². The normalized spacial score (nSPS) is 24.4. The van der Waals surface area contributed by atoms with Crippen molar-refractivity contribution in [1.82, 2.24) is 5.32 Å². The summed E-state index contributed by atoms with van der Waals surface area (Å²) < 4.78 is 0. The number of hydrogen-bond donors (Lipinski definition) is 1. The highest BCUT2D eigenvalue weighted by Gasteiger charge is 2.26. The van der Waals surface area contributed by atoms with Crippen LogP contribution in [0.25, 0.3) is 0 Å². The first-order valence-corrected chi connectivity index (χ1v) is 4.43. The molecule has 1 saturated heterocycles. The van der Waals surface area contributed by atoms with Crippen molar-refractivity contribution in [2.75, 3.05) is 0 Å². The minimum absolute atomic E-state index is 0.0581. The van der Waals surface area contributed by atoms with E-state index >= 15 is 0 Å². The number of carbonyl (C=O) groups excluding carboxylic acids is 2. The fourth-order valence-corrected chi connectivity index (χ4v) is 1.53. The molecule has 0 aromatic heterocycles. The molecule has 2 amide bonds. The number of carbonyl (C=O) groups is 2.